The number of halogens is 2. The van der Waals surface area contributed by atoms with Crippen LogP contribution in [0.4, 0.5) is 0 Å². The molecule has 7 heteroatoms. The van der Waals surface area contributed by atoms with Crippen molar-refractivity contribution >= 4 is 40.0 Å². The lowest BCUT2D eigenvalue weighted by Gasteiger charge is -2.26. The zero-order valence-electron chi connectivity index (χ0n) is 14.3. The highest BCUT2D eigenvalue weighted by Gasteiger charge is 2.21. The van der Waals surface area contributed by atoms with Crippen molar-refractivity contribution < 1.29 is 4.79 Å². The molecular weight excluding hydrogens is 373 g/mol. The van der Waals surface area contributed by atoms with Gasteiger partial charge in [-0.05, 0) is 44.2 Å². The van der Waals surface area contributed by atoms with E-state index in [0.29, 0.717) is 32.3 Å². The van der Waals surface area contributed by atoms with E-state index in [0.717, 1.165) is 0 Å². The van der Waals surface area contributed by atoms with Crippen LogP contribution in [0.1, 0.15) is 30.0 Å². The lowest BCUT2D eigenvalue weighted by atomic mass is 10.1. The van der Waals surface area contributed by atoms with Crippen molar-refractivity contribution in [2.45, 2.75) is 26.4 Å². The van der Waals surface area contributed by atoms with Crippen molar-refractivity contribution in [2.24, 2.45) is 0 Å². The Labute approximate surface area is 160 Å². The third-order valence-corrected chi connectivity index (χ3v) is 4.41. The van der Waals surface area contributed by atoms with Crippen LogP contribution >= 0.6 is 23.2 Å². The molecule has 1 heterocycles. The number of nitrogens with zero attached hydrogens (tertiary/aromatic N) is 2. The number of aromatic amines is 1. The number of para-hydroxylation sites is 1. The van der Waals surface area contributed by atoms with E-state index in [1.54, 1.807) is 41.3 Å². The monoisotopic (exact) mass is 389 g/mol. The van der Waals surface area contributed by atoms with Crippen LogP contribution in [0.15, 0.2) is 47.3 Å². The van der Waals surface area contributed by atoms with Crippen molar-refractivity contribution in [1.29, 1.82) is 0 Å². The first-order valence-electron chi connectivity index (χ1n) is 8.10. The molecule has 0 bridgehead atoms. The molecule has 0 unspecified atom stereocenters. The van der Waals surface area contributed by atoms with Crippen LogP contribution in [0.2, 0.25) is 10.0 Å². The number of fused-ring (bicyclic) bond motifs is 1. The maximum atomic E-state index is 12.9. The molecule has 0 saturated carbocycles. The molecule has 1 N–H and O–H groups in total. The Bertz CT molecular complexity index is 1010. The van der Waals surface area contributed by atoms with Crippen LogP contribution < -0.4 is 5.56 Å². The molecule has 0 spiro atoms. The van der Waals surface area contributed by atoms with Crippen molar-refractivity contribution in [2.75, 3.05) is 0 Å². The molecule has 0 atom stereocenters. The number of carbonyl (C=O) groups excluding carboxylic acids is 1. The van der Waals surface area contributed by atoms with Crippen LogP contribution in [-0.2, 0) is 6.54 Å². The molecule has 0 radical (unpaired) electrons. The van der Waals surface area contributed by atoms with E-state index in [-0.39, 0.29) is 24.1 Å². The Morgan fingerprint density at radius 1 is 1.15 bits per heavy atom. The van der Waals surface area contributed by atoms with E-state index >= 15 is 0 Å². The molecule has 3 rings (SSSR count). The van der Waals surface area contributed by atoms with Gasteiger partial charge in [-0.1, -0.05) is 35.3 Å². The van der Waals surface area contributed by atoms with Crippen LogP contribution in [0.3, 0.4) is 0 Å². The Balaban J connectivity index is 1.96. The number of carbonyl (C=O) groups is 1. The summed E-state index contributed by atoms with van der Waals surface area (Å²) in [5.41, 5.74) is 0.750. The lowest BCUT2D eigenvalue weighted by molar-refractivity contribution is 0.0685. The summed E-state index contributed by atoms with van der Waals surface area (Å²) in [5, 5.41) is 1.30. The first-order valence-corrected chi connectivity index (χ1v) is 8.86. The third-order valence-electron chi connectivity index (χ3n) is 3.98. The minimum Gasteiger partial charge on any atom is -0.329 e. The predicted octanol–water partition coefficient (Wildman–Crippen LogP) is 4.28. The van der Waals surface area contributed by atoms with Crippen LogP contribution in [-0.4, -0.2) is 26.8 Å². The van der Waals surface area contributed by atoms with Gasteiger partial charge < -0.3 is 9.88 Å². The Hall–Kier alpha value is -2.37. The second-order valence-corrected chi connectivity index (χ2v) is 7.09. The average molecular weight is 390 g/mol. The van der Waals surface area contributed by atoms with E-state index in [4.69, 9.17) is 23.2 Å². The van der Waals surface area contributed by atoms with Gasteiger partial charge in [-0.15, -0.1) is 0 Å². The number of nitrogens with one attached hydrogen (secondary N) is 1. The quantitative estimate of drug-likeness (QED) is 0.723. The summed E-state index contributed by atoms with van der Waals surface area (Å²) in [6.07, 6.45) is 0. The number of amides is 1. The SMILES string of the molecule is CC(C)N(Cc1nc2ccccc2c(=O)[nH]1)C(=O)c1cc(Cl)cc(Cl)c1. The van der Waals surface area contributed by atoms with Gasteiger partial charge in [-0.25, -0.2) is 4.98 Å². The smallest absolute Gasteiger partial charge is 0.258 e. The topological polar surface area (TPSA) is 66.1 Å². The van der Waals surface area contributed by atoms with Gasteiger partial charge in [-0.2, -0.15) is 0 Å². The van der Waals surface area contributed by atoms with Crippen molar-refractivity contribution in [3.05, 3.63) is 74.3 Å². The van der Waals surface area contributed by atoms with E-state index in [1.807, 2.05) is 19.9 Å². The fourth-order valence-corrected chi connectivity index (χ4v) is 3.23. The largest absolute Gasteiger partial charge is 0.329 e. The molecular formula is C19H17Cl2N3O2. The highest BCUT2D eigenvalue weighted by atomic mass is 35.5. The van der Waals surface area contributed by atoms with Gasteiger partial charge >= 0.3 is 0 Å². The van der Waals surface area contributed by atoms with Crippen molar-refractivity contribution in [1.82, 2.24) is 14.9 Å². The number of benzene rings is 2. The Kier molecular flexibility index (Phi) is 5.30. The molecule has 1 amide bonds. The molecule has 0 aliphatic rings. The maximum absolute atomic E-state index is 12.9. The van der Waals surface area contributed by atoms with Crippen LogP contribution in [0.5, 0.6) is 0 Å². The van der Waals surface area contributed by atoms with E-state index in [2.05, 4.69) is 9.97 Å². The summed E-state index contributed by atoms with van der Waals surface area (Å²) in [6.45, 7) is 3.95. The van der Waals surface area contributed by atoms with Gasteiger partial charge in [0.15, 0.2) is 0 Å². The Morgan fingerprint density at radius 2 is 1.81 bits per heavy atom. The van der Waals surface area contributed by atoms with Crippen molar-refractivity contribution in [3.8, 4) is 0 Å². The minimum absolute atomic E-state index is 0.114. The highest BCUT2D eigenvalue weighted by Crippen LogP contribution is 2.21. The van der Waals surface area contributed by atoms with E-state index < -0.39 is 0 Å². The minimum atomic E-state index is -0.236. The van der Waals surface area contributed by atoms with E-state index in [1.165, 1.54) is 0 Å². The zero-order valence-corrected chi connectivity index (χ0v) is 15.8. The zero-order chi connectivity index (χ0) is 18.8. The van der Waals surface area contributed by atoms with Crippen LogP contribution in [0, 0.1) is 0 Å². The summed E-state index contributed by atoms with van der Waals surface area (Å²) in [4.78, 5) is 34.0. The summed E-state index contributed by atoms with van der Waals surface area (Å²) >= 11 is 12.0. The van der Waals surface area contributed by atoms with Gasteiger partial charge in [0.1, 0.15) is 5.82 Å². The molecule has 5 nitrogen and oxygen atoms in total. The summed E-state index contributed by atoms with van der Waals surface area (Å²) in [5.74, 6) is 0.184. The van der Waals surface area contributed by atoms with Gasteiger partial charge in [-0.3, -0.25) is 9.59 Å². The molecule has 0 fully saturated rings. The molecule has 3 aromatic rings. The summed E-state index contributed by atoms with van der Waals surface area (Å²) < 4.78 is 0. The van der Waals surface area contributed by atoms with Gasteiger partial charge in [0.2, 0.25) is 0 Å². The lowest BCUT2D eigenvalue weighted by Crippen LogP contribution is -2.37. The van der Waals surface area contributed by atoms with Crippen molar-refractivity contribution in [3.63, 3.8) is 0 Å². The standard InChI is InChI=1S/C19H17Cl2N3O2/c1-11(2)24(19(26)12-7-13(20)9-14(21)8-12)10-17-22-16-6-4-3-5-15(16)18(25)23-17/h3-9,11H,10H2,1-2H3,(H,22,23,25). The molecule has 0 saturated heterocycles. The van der Waals surface area contributed by atoms with Gasteiger partial charge in [0.05, 0.1) is 17.4 Å². The fraction of sp³-hybridized carbons (Fsp3) is 0.211. The molecule has 1 aromatic heterocycles. The normalized spacial score (nSPS) is 11.1. The second-order valence-electron chi connectivity index (χ2n) is 6.21. The number of rotatable bonds is 4. The fourth-order valence-electron chi connectivity index (χ4n) is 2.70. The summed E-state index contributed by atoms with van der Waals surface area (Å²) in [6, 6.07) is 11.7. The average Bonchev–Trinajstić information content (AvgIpc) is 2.58. The maximum Gasteiger partial charge on any atom is 0.258 e. The number of hydrogen-bond acceptors (Lipinski definition) is 3. The number of H-pyrrole nitrogens is 1. The summed E-state index contributed by atoms with van der Waals surface area (Å²) in [7, 11) is 0. The molecule has 0 aliphatic heterocycles. The highest BCUT2D eigenvalue weighted by molar-refractivity contribution is 6.35. The molecule has 0 aliphatic carbocycles. The first kappa shape index (κ1) is 18.4. The van der Waals surface area contributed by atoms with Crippen LogP contribution in [0.25, 0.3) is 10.9 Å². The molecule has 2 aromatic carbocycles. The second kappa shape index (κ2) is 7.48. The van der Waals surface area contributed by atoms with Gasteiger partial charge in [0.25, 0.3) is 11.5 Å². The first-order chi connectivity index (χ1) is 12.3. The number of aromatic nitrogens is 2. The van der Waals surface area contributed by atoms with Gasteiger partial charge in [0, 0.05) is 21.7 Å². The Morgan fingerprint density at radius 3 is 2.46 bits per heavy atom. The number of hydrogen-bond donors (Lipinski definition) is 1. The van der Waals surface area contributed by atoms with E-state index in [9.17, 15) is 9.59 Å². The predicted molar refractivity (Wildman–Crippen MR) is 104 cm³/mol. The molecule has 134 valence electrons. The third kappa shape index (κ3) is 3.89. The molecule has 26 heavy (non-hydrogen) atoms.